The highest BCUT2D eigenvalue weighted by Gasteiger charge is 2.20. The van der Waals surface area contributed by atoms with Crippen molar-refractivity contribution in [1.82, 2.24) is 9.97 Å². The fourth-order valence-electron chi connectivity index (χ4n) is 2.74. The van der Waals surface area contributed by atoms with E-state index >= 15 is 0 Å². The molecule has 0 saturated carbocycles. The molecule has 0 aliphatic heterocycles. The van der Waals surface area contributed by atoms with E-state index in [0.717, 1.165) is 11.1 Å². The van der Waals surface area contributed by atoms with Crippen LogP contribution in [0.4, 0.5) is 11.6 Å². The molecule has 9 heteroatoms. The Hall–Kier alpha value is -3.46. The summed E-state index contributed by atoms with van der Waals surface area (Å²) in [6, 6.07) is 13.1. The van der Waals surface area contributed by atoms with Crippen LogP contribution in [0.15, 0.2) is 65.8 Å². The normalized spacial score (nSPS) is 12.1. The number of nitrogens with one attached hydrogen (secondary N) is 2. The maximum atomic E-state index is 12.6. The molecule has 1 atom stereocenters. The van der Waals surface area contributed by atoms with E-state index in [2.05, 4.69) is 20.0 Å². The molecule has 0 fully saturated rings. The van der Waals surface area contributed by atoms with Gasteiger partial charge in [0.15, 0.2) is 6.10 Å². The minimum atomic E-state index is -3.84. The van der Waals surface area contributed by atoms with Gasteiger partial charge in [-0.2, -0.15) is 0 Å². The van der Waals surface area contributed by atoms with Gasteiger partial charge in [0, 0.05) is 18.1 Å². The topological polar surface area (TPSA) is 110 Å². The lowest BCUT2D eigenvalue weighted by molar-refractivity contribution is -0.122. The van der Waals surface area contributed by atoms with Crippen LogP contribution in [-0.4, -0.2) is 30.4 Å². The summed E-state index contributed by atoms with van der Waals surface area (Å²) < 4.78 is 33.0. The molecule has 3 aromatic rings. The van der Waals surface area contributed by atoms with Crippen molar-refractivity contribution < 1.29 is 17.9 Å². The number of aromatic nitrogens is 2. The second-order valence-corrected chi connectivity index (χ2v) is 8.63. The van der Waals surface area contributed by atoms with Gasteiger partial charge < -0.3 is 10.1 Å². The molecule has 0 bridgehead atoms. The van der Waals surface area contributed by atoms with Crippen LogP contribution in [0.1, 0.15) is 24.5 Å². The van der Waals surface area contributed by atoms with Crippen molar-refractivity contribution in [3.8, 4) is 5.75 Å². The highest BCUT2D eigenvalue weighted by Crippen LogP contribution is 2.20. The van der Waals surface area contributed by atoms with Crippen molar-refractivity contribution in [2.75, 3.05) is 10.0 Å². The molecule has 162 valence electrons. The van der Waals surface area contributed by atoms with Crippen molar-refractivity contribution in [1.29, 1.82) is 0 Å². The number of anilines is 2. The third kappa shape index (κ3) is 5.79. The van der Waals surface area contributed by atoms with Crippen LogP contribution in [0, 0.1) is 13.8 Å². The summed E-state index contributed by atoms with van der Waals surface area (Å²) in [6.07, 6.45) is 2.68. The van der Waals surface area contributed by atoms with E-state index in [1.807, 2.05) is 39.0 Å². The predicted molar refractivity (Wildman–Crippen MR) is 119 cm³/mol. The molecule has 1 heterocycles. The summed E-state index contributed by atoms with van der Waals surface area (Å²) in [5, 5.41) is 2.76. The summed E-state index contributed by atoms with van der Waals surface area (Å²) >= 11 is 0. The molecule has 0 saturated heterocycles. The van der Waals surface area contributed by atoms with E-state index in [4.69, 9.17) is 4.74 Å². The van der Waals surface area contributed by atoms with Crippen LogP contribution in [-0.2, 0) is 14.8 Å². The molecule has 1 unspecified atom stereocenters. The summed E-state index contributed by atoms with van der Waals surface area (Å²) in [5.41, 5.74) is 2.69. The Bertz CT molecular complexity index is 1150. The van der Waals surface area contributed by atoms with Crippen LogP contribution in [0.3, 0.4) is 0 Å². The Kier molecular flexibility index (Phi) is 6.86. The fourth-order valence-corrected chi connectivity index (χ4v) is 3.70. The molecule has 2 N–H and O–H groups in total. The number of benzene rings is 2. The minimum Gasteiger partial charge on any atom is -0.481 e. The van der Waals surface area contributed by atoms with Gasteiger partial charge in [0.05, 0.1) is 4.90 Å². The minimum absolute atomic E-state index is 0.0193. The van der Waals surface area contributed by atoms with E-state index in [1.165, 1.54) is 36.7 Å². The smallest absolute Gasteiger partial charge is 0.265 e. The first-order valence-electron chi connectivity index (χ1n) is 9.73. The van der Waals surface area contributed by atoms with Gasteiger partial charge in [0.25, 0.3) is 15.9 Å². The molecule has 0 aliphatic rings. The van der Waals surface area contributed by atoms with Gasteiger partial charge in [-0.15, -0.1) is 0 Å². The molecule has 8 nitrogen and oxygen atoms in total. The van der Waals surface area contributed by atoms with Gasteiger partial charge >= 0.3 is 0 Å². The van der Waals surface area contributed by atoms with E-state index in [-0.39, 0.29) is 16.8 Å². The van der Waals surface area contributed by atoms with Crippen LogP contribution in [0.5, 0.6) is 5.75 Å². The van der Waals surface area contributed by atoms with E-state index in [1.54, 1.807) is 6.07 Å². The molecule has 2 aromatic carbocycles. The van der Waals surface area contributed by atoms with Crippen LogP contribution >= 0.6 is 0 Å². The Balaban J connectivity index is 1.66. The molecular weight excluding hydrogens is 416 g/mol. The standard InChI is InChI=1S/C22H24N4O4S/c1-4-20(30-18-9-6-15(2)16(3)14-18)21(27)25-17-7-10-19(11-8-17)31(28,29)26-22-23-12-5-13-24-22/h5-14,20H,4H2,1-3H3,(H,25,27)(H,23,24,26). The van der Waals surface area contributed by atoms with E-state index in [0.29, 0.717) is 17.9 Å². The lowest BCUT2D eigenvalue weighted by atomic mass is 10.1. The van der Waals surface area contributed by atoms with Crippen molar-refractivity contribution in [2.24, 2.45) is 0 Å². The number of sulfonamides is 1. The summed E-state index contributed by atoms with van der Waals surface area (Å²) in [6.45, 7) is 5.85. The Morgan fingerprint density at radius 3 is 2.32 bits per heavy atom. The van der Waals surface area contributed by atoms with Gasteiger partial charge in [-0.1, -0.05) is 13.0 Å². The second kappa shape index (κ2) is 9.57. The predicted octanol–water partition coefficient (Wildman–Crippen LogP) is 3.69. The van der Waals surface area contributed by atoms with Crippen LogP contribution in [0.25, 0.3) is 0 Å². The SMILES string of the molecule is CCC(Oc1ccc(C)c(C)c1)C(=O)Nc1ccc(S(=O)(=O)Nc2ncccn2)cc1. The van der Waals surface area contributed by atoms with Gasteiger partial charge in [0.2, 0.25) is 5.95 Å². The monoisotopic (exact) mass is 440 g/mol. The molecule has 1 aromatic heterocycles. The number of carbonyl (C=O) groups excluding carboxylic acids is 1. The fraction of sp³-hybridized carbons (Fsp3) is 0.227. The maximum absolute atomic E-state index is 12.6. The molecule has 3 rings (SSSR count). The zero-order valence-corrected chi connectivity index (χ0v) is 18.3. The first-order valence-corrected chi connectivity index (χ1v) is 11.2. The Morgan fingerprint density at radius 2 is 1.71 bits per heavy atom. The average Bonchev–Trinajstić information content (AvgIpc) is 2.75. The Labute approximate surface area is 181 Å². The average molecular weight is 441 g/mol. The molecule has 0 spiro atoms. The molecule has 0 radical (unpaired) electrons. The number of nitrogens with zero attached hydrogens (tertiary/aromatic N) is 2. The van der Waals surface area contributed by atoms with Gasteiger partial charge in [-0.05, 0) is 73.9 Å². The quantitative estimate of drug-likeness (QED) is 0.553. The second-order valence-electron chi connectivity index (χ2n) is 6.95. The van der Waals surface area contributed by atoms with Gasteiger partial charge in [-0.3, -0.25) is 4.79 Å². The molecule has 1 amide bonds. The molecule has 0 aliphatic carbocycles. The van der Waals surface area contributed by atoms with Crippen molar-refractivity contribution in [2.45, 2.75) is 38.2 Å². The molecule has 31 heavy (non-hydrogen) atoms. The van der Waals surface area contributed by atoms with Crippen molar-refractivity contribution >= 4 is 27.6 Å². The zero-order chi connectivity index (χ0) is 22.4. The number of amides is 1. The number of aryl methyl sites for hydroxylation is 2. The van der Waals surface area contributed by atoms with Gasteiger partial charge in [-0.25, -0.2) is 23.1 Å². The third-order valence-electron chi connectivity index (χ3n) is 4.64. The number of carbonyl (C=O) groups is 1. The van der Waals surface area contributed by atoms with Crippen molar-refractivity contribution in [3.05, 3.63) is 72.1 Å². The summed E-state index contributed by atoms with van der Waals surface area (Å²) in [4.78, 5) is 20.4. The lowest BCUT2D eigenvalue weighted by Crippen LogP contribution is -2.32. The third-order valence-corrected chi connectivity index (χ3v) is 5.99. The van der Waals surface area contributed by atoms with Crippen LogP contribution in [0.2, 0.25) is 0 Å². The summed E-state index contributed by atoms with van der Waals surface area (Å²) in [5.74, 6) is 0.294. The Morgan fingerprint density at radius 1 is 1.03 bits per heavy atom. The first-order chi connectivity index (χ1) is 14.8. The highest BCUT2D eigenvalue weighted by molar-refractivity contribution is 7.92. The largest absolute Gasteiger partial charge is 0.481 e. The van der Waals surface area contributed by atoms with Crippen molar-refractivity contribution in [3.63, 3.8) is 0 Å². The van der Waals surface area contributed by atoms with Gasteiger partial charge in [0.1, 0.15) is 5.75 Å². The first kappa shape index (κ1) is 22.2. The van der Waals surface area contributed by atoms with E-state index < -0.39 is 16.1 Å². The zero-order valence-electron chi connectivity index (χ0n) is 17.5. The summed E-state index contributed by atoms with van der Waals surface area (Å²) in [7, 11) is -3.84. The lowest BCUT2D eigenvalue weighted by Gasteiger charge is -2.18. The van der Waals surface area contributed by atoms with Crippen LogP contribution < -0.4 is 14.8 Å². The number of hydrogen-bond donors (Lipinski definition) is 2. The maximum Gasteiger partial charge on any atom is 0.265 e. The number of hydrogen-bond acceptors (Lipinski definition) is 6. The number of ether oxygens (including phenoxy) is 1. The highest BCUT2D eigenvalue weighted by atomic mass is 32.2. The van der Waals surface area contributed by atoms with E-state index in [9.17, 15) is 13.2 Å². The molecular formula is C22H24N4O4S. The number of rotatable bonds is 8.